The van der Waals surface area contributed by atoms with Gasteiger partial charge in [0.15, 0.2) is 5.78 Å². The number of fused-ring (bicyclic) bond motifs is 1. The largest absolute Gasteiger partial charge is 0.298 e. The Morgan fingerprint density at radius 3 is 2.65 bits per heavy atom. The lowest BCUT2D eigenvalue weighted by atomic mass is 10.0. The minimum Gasteiger partial charge on any atom is -0.298 e. The number of piperidine rings is 1. The Morgan fingerprint density at radius 1 is 1.27 bits per heavy atom. The Hall–Kier alpha value is -1.49. The standard InChI is InChI=1S/C22H28N2OS/c1-16(25)22-10-17(15-26-22)13-23(2)20-8-5-9-24(14-20)21-11-18-6-3-4-7-19(18)12-21/h3-4,6-7,10,15,20-21H,5,8-9,11-14H2,1-2H3/t20-/m0/s1. The number of likely N-dealkylation sites (N-methyl/N-ethyl adjacent to an activating group) is 1. The van der Waals surface area contributed by atoms with Gasteiger partial charge in [0.05, 0.1) is 4.88 Å². The van der Waals surface area contributed by atoms with Crippen molar-refractivity contribution >= 4 is 17.1 Å². The maximum atomic E-state index is 11.5. The quantitative estimate of drug-likeness (QED) is 0.745. The number of rotatable bonds is 5. The van der Waals surface area contributed by atoms with Crippen LogP contribution in [-0.2, 0) is 19.4 Å². The van der Waals surface area contributed by atoms with E-state index < -0.39 is 0 Å². The second kappa shape index (κ2) is 7.63. The maximum absolute atomic E-state index is 11.5. The van der Waals surface area contributed by atoms with Crippen LogP contribution < -0.4 is 0 Å². The first-order chi connectivity index (χ1) is 12.6. The molecule has 0 saturated carbocycles. The van der Waals surface area contributed by atoms with E-state index in [4.69, 9.17) is 0 Å². The topological polar surface area (TPSA) is 23.6 Å². The van der Waals surface area contributed by atoms with Crippen LogP contribution in [0.15, 0.2) is 35.7 Å². The summed E-state index contributed by atoms with van der Waals surface area (Å²) < 4.78 is 0. The van der Waals surface area contributed by atoms with Crippen molar-refractivity contribution in [1.29, 1.82) is 0 Å². The van der Waals surface area contributed by atoms with Crippen LogP contribution in [0.2, 0.25) is 0 Å². The third kappa shape index (κ3) is 3.78. The third-order valence-electron chi connectivity index (χ3n) is 6.03. The van der Waals surface area contributed by atoms with Crippen LogP contribution in [0.4, 0.5) is 0 Å². The zero-order valence-electron chi connectivity index (χ0n) is 15.8. The number of nitrogens with zero attached hydrogens (tertiary/aromatic N) is 2. The Bertz CT molecular complexity index is 759. The molecule has 1 fully saturated rings. The highest BCUT2D eigenvalue weighted by atomic mass is 32.1. The van der Waals surface area contributed by atoms with E-state index in [0.29, 0.717) is 12.1 Å². The lowest BCUT2D eigenvalue weighted by Gasteiger charge is -2.40. The SMILES string of the molecule is CC(=O)c1cc(CN(C)[C@H]2CCCN(C3Cc4ccccc4C3)C2)cs1. The van der Waals surface area contributed by atoms with Crippen molar-refractivity contribution in [1.82, 2.24) is 9.80 Å². The van der Waals surface area contributed by atoms with Crippen LogP contribution >= 0.6 is 11.3 Å². The highest BCUT2D eigenvalue weighted by Gasteiger charge is 2.31. The number of hydrogen-bond donors (Lipinski definition) is 0. The van der Waals surface area contributed by atoms with Crippen molar-refractivity contribution in [3.63, 3.8) is 0 Å². The predicted octanol–water partition coefficient (Wildman–Crippen LogP) is 4.01. The summed E-state index contributed by atoms with van der Waals surface area (Å²) in [5.74, 6) is 0.175. The van der Waals surface area contributed by atoms with Gasteiger partial charge in [-0.15, -0.1) is 11.3 Å². The number of thiophene rings is 1. The minimum atomic E-state index is 0.175. The molecule has 4 heteroatoms. The fourth-order valence-corrected chi connectivity index (χ4v) is 5.34. The van der Waals surface area contributed by atoms with Gasteiger partial charge >= 0.3 is 0 Å². The Morgan fingerprint density at radius 2 is 2.00 bits per heavy atom. The van der Waals surface area contributed by atoms with E-state index in [0.717, 1.165) is 11.4 Å². The molecule has 1 aliphatic heterocycles. The van der Waals surface area contributed by atoms with Gasteiger partial charge in [-0.05, 0) is 74.3 Å². The summed E-state index contributed by atoms with van der Waals surface area (Å²) >= 11 is 1.57. The van der Waals surface area contributed by atoms with E-state index in [2.05, 4.69) is 52.6 Å². The van der Waals surface area contributed by atoms with E-state index in [1.807, 2.05) is 0 Å². The summed E-state index contributed by atoms with van der Waals surface area (Å²) in [6.07, 6.45) is 4.97. The van der Waals surface area contributed by atoms with Crippen molar-refractivity contribution in [2.45, 2.75) is 51.2 Å². The molecule has 2 heterocycles. The van der Waals surface area contributed by atoms with Gasteiger partial charge in [0.2, 0.25) is 0 Å². The van der Waals surface area contributed by atoms with Gasteiger partial charge in [0, 0.05) is 25.2 Å². The van der Waals surface area contributed by atoms with Gasteiger partial charge in [-0.25, -0.2) is 0 Å². The summed E-state index contributed by atoms with van der Waals surface area (Å²) in [4.78, 5) is 17.6. The molecule has 0 spiro atoms. The number of Topliss-reactive ketones (excluding diaryl/α,β-unsaturated/α-hetero) is 1. The van der Waals surface area contributed by atoms with Gasteiger partial charge in [-0.3, -0.25) is 14.6 Å². The van der Waals surface area contributed by atoms with Crippen LogP contribution in [0.5, 0.6) is 0 Å². The molecule has 4 rings (SSSR count). The van der Waals surface area contributed by atoms with E-state index in [1.54, 1.807) is 29.4 Å². The molecule has 2 aromatic rings. The lowest BCUT2D eigenvalue weighted by molar-refractivity contribution is 0.0835. The molecular weight excluding hydrogens is 340 g/mol. The number of hydrogen-bond acceptors (Lipinski definition) is 4. The lowest BCUT2D eigenvalue weighted by Crippen LogP contribution is -2.50. The second-order valence-electron chi connectivity index (χ2n) is 7.91. The molecule has 0 bridgehead atoms. The summed E-state index contributed by atoms with van der Waals surface area (Å²) in [7, 11) is 2.24. The summed E-state index contributed by atoms with van der Waals surface area (Å²) in [5.41, 5.74) is 4.36. The van der Waals surface area contributed by atoms with Crippen molar-refractivity contribution < 1.29 is 4.79 Å². The smallest absolute Gasteiger partial charge is 0.169 e. The first-order valence-corrected chi connectivity index (χ1v) is 10.6. The molecular formula is C22H28N2OS. The van der Waals surface area contributed by atoms with E-state index in [9.17, 15) is 4.79 Å². The number of carbonyl (C=O) groups excluding carboxylic acids is 1. The van der Waals surface area contributed by atoms with E-state index in [1.165, 1.54) is 44.3 Å². The van der Waals surface area contributed by atoms with Crippen LogP contribution in [-0.4, -0.2) is 47.8 Å². The van der Waals surface area contributed by atoms with Crippen LogP contribution in [0.3, 0.4) is 0 Å². The summed E-state index contributed by atoms with van der Waals surface area (Å²) in [6.45, 7) is 4.99. The second-order valence-corrected chi connectivity index (χ2v) is 8.82. The average Bonchev–Trinajstić information content (AvgIpc) is 3.28. The molecule has 1 atom stereocenters. The molecule has 1 aliphatic carbocycles. The molecule has 1 aromatic carbocycles. The Balaban J connectivity index is 1.36. The van der Waals surface area contributed by atoms with Crippen molar-refractivity contribution in [3.8, 4) is 0 Å². The third-order valence-corrected chi connectivity index (χ3v) is 7.11. The molecule has 0 radical (unpaired) electrons. The normalized spacial score (nSPS) is 21.3. The zero-order chi connectivity index (χ0) is 18.1. The summed E-state index contributed by atoms with van der Waals surface area (Å²) in [6, 6.07) is 12.3. The average molecular weight is 369 g/mol. The van der Waals surface area contributed by atoms with Gasteiger partial charge in [0.25, 0.3) is 0 Å². The molecule has 3 nitrogen and oxygen atoms in total. The Kier molecular flexibility index (Phi) is 5.25. The van der Waals surface area contributed by atoms with Gasteiger partial charge in [0.1, 0.15) is 0 Å². The van der Waals surface area contributed by atoms with Crippen molar-refractivity contribution in [3.05, 3.63) is 57.3 Å². The minimum absolute atomic E-state index is 0.175. The van der Waals surface area contributed by atoms with Crippen LogP contribution in [0.25, 0.3) is 0 Å². The van der Waals surface area contributed by atoms with E-state index in [-0.39, 0.29) is 5.78 Å². The fraction of sp³-hybridized carbons (Fsp3) is 0.500. The van der Waals surface area contributed by atoms with Gasteiger partial charge in [-0.1, -0.05) is 24.3 Å². The number of benzene rings is 1. The molecule has 138 valence electrons. The molecule has 26 heavy (non-hydrogen) atoms. The van der Waals surface area contributed by atoms with Crippen LogP contribution in [0, 0.1) is 0 Å². The zero-order valence-corrected chi connectivity index (χ0v) is 16.6. The number of carbonyl (C=O) groups is 1. The highest BCUT2D eigenvalue weighted by Crippen LogP contribution is 2.28. The first kappa shape index (κ1) is 17.9. The summed E-state index contributed by atoms with van der Waals surface area (Å²) in [5, 5.41) is 2.14. The highest BCUT2D eigenvalue weighted by molar-refractivity contribution is 7.12. The monoisotopic (exact) mass is 368 g/mol. The molecule has 0 N–H and O–H groups in total. The number of likely N-dealkylation sites (tertiary alicyclic amines) is 1. The molecule has 1 aromatic heterocycles. The van der Waals surface area contributed by atoms with E-state index >= 15 is 0 Å². The predicted molar refractivity (Wildman–Crippen MR) is 108 cm³/mol. The van der Waals surface area contributed by atoms with Crippen LogP contribution in [0.1, 0.15) is 46.1 Å². The fourth-order valence-electron chi connectivity index (χ4n) is 4.53. The maximum Gasteiger partial charge on any atom is 0.169 e. The molecule has 2 aliphatic rings. The van der Waals surface area contributed by atoms with Crippen molar-refractivity contribution in [2.75, 3.05) is 20.1 Å². The Labute approximate surface area is 160 Å². The number of ketones is 1. The molecule has 0 amide bonds. The molecule has 0 unspecified atom stereocenters. The van der Waals surface area contributed by atoms with Gasteiger partial charge < -0.3 is 0 Å². The first-order valence-electron chi connectivity index (χ1n) is 9.69. The molecule has 1 saturated heterocycles. The van der Waals surface area contributed by atoms with Crippen molar-refractivity contribution in [2.24, 2.45) is 0 Å². The van der Waals surface area contributed by atoms with Gasteiger partial charge in [-0.2, -0.15) is 0 Å².